The Balaban J connectivity index is 0.649. The van der Waals surface area contributed by atoms with Crippen molar-refractivity contribution in [2.24, 2.45) is 0 Å². The van der Waals surface area contributed by atoms with Crippen LogP contribution < -0.4 is 0 Å². The maximum absolute atomic E-state index is 5.78. The maximum Gasteiger partial charge on any atom is 0.160 e. The van der Waals surface area contributed by atoms with Crippen molar-refractivity contribution in [2.75, 3.05) is 0 Å². The standard InChI is InChI=1S/C116H73N9/c1-6-28-74(29-7-1)101-72-102(75-30-8-2-9-31-75)118-115(117-101)84-36-27-41-88(63-84)123-113-60-52-78(69-99(113)100-70-82(56-61-114(100)123)81-54-58-111-97(67-81)94-45-19-24-50-108(94)122(111)87-39-14-5-15-40-87)77-34-26-35-83(62-77)104-73-103(76-32-10-3-11-33-76)119-116(120-104)85-64-89(124-105-47-21-16-42-91(105)92-43-17-22-48-106(92)124)71-90(65-85)125-109-51-25-20-46-95(109)98-68-80(55-59-112(98)125)79-53-57-110-96(66-79)93-44-18-23-49-107(93)121(110)86-37-12-4-13-38-86/h1-73H. The minimum absolute atomic E-state index is 0.602. The van der Waals surface area contributed by atoms with Crippen LogP contribution in [0.5, 0.6) is 0 Å². The van der Waals surface area contributed by atoms with Gasteiger partial charge in [-0.2, -0.15) is 0 Å². The highest BCUT2D eigenvalue weighted by Gasteiger charge is 2.25. The van der Waals surface area contributed by atoms with E-state index in [1.807, 2.05) is 12.1 Å². The third kappa shape index (κ3) is 11.9. The first kappa shape index (κ1) is 71.1. The lowest BCUT2D eigenvalue weighted by molar-refractivity contribution is 1.12. The zero-order valence-electron chi connectivity index (χ0n) is 67.7. The predicted octanol–water partition coefficient (Wildman–Crippen LogP) is 29.8. The van der Waals surface area contributed by atoms with Gasteiger partial charge in [-0.05, 0) is 197 Å². The molecule has 9 heteroatoms. The second-order valence-electron chi connectivity index (χ2n) is 32.5. The predicted molar refractivity (Wildman–Crippen MR) is 518 cm³/mol. The van der Waals surface area contributed by atoms with E-state index in [4.69, 9.17) is 19.9 Å². The molecule has 0 unspecified atom stereocenters. The fourth-order valence-electron chi connectivity index (χ4n) is 19.5. The summed E-state index contributed by atoms with van der Waals surface area (Å²) in [6.07, 6.45) is 0. The van der Waals surface area contributed by atoms with Crippen LogP contribution >= 0.6 is 0 Å². The molecular formula is C116H73N9. The molecule has 7 heterocycles. The Morgan fingerprint density at radius 1 is 0.120 bits per heavy atom. The highest BCUT2D eigenvalue weighted by atomic mass is 15.0. The number of hydrogen-bond acceptors (Lipinski definition) is 4. The van der Waals surface area contributed by atoms with Gasteiger partial charge in [0.2, 0.25) is 0 Å². The van der Waals surface area contributed by atoms with Crippen LogP contribution in [-0.4, -0.2) is 42.8 Å². The average Bonchev–Trinajstić information content (AvgIpc) is 1.59. The second kappa shape index (κ2) is 29.0. The number of aromatic nitrogens is 9. The normalized spacial score (nSPS) is 11.8. The van der Waals surface area contributed by atoms with E-state index in [2.05, 4.69) is 454 Å². The molecule has 0 radical (unpaired) electrons. The van der Waals surface area contributed by atoms with Crippen LogP contribution in [0.15, 0.2) is 443 Å². The van der Waals surface area contributed by atoms with Crippen molar-refractivity contribution in [1.29, 1.82) is 0 Å². The number of para-hydroxylation sites is 7. The van der Waals surface area contributed by atoms with Crippen molar-refractivity contribution in [3.8, 4) is 130 Å². The lowest BCUT2D eigenvalue weighted by Gasteiger charge is -2.16. The summed E-state index contributed by atoms with van der Waals surface area (Å²) >= 11 is 0. The molecule has 0 aliphatic carbocycles. The molecule has 18 aromatic carbocycles. The van der Waals surface area contributed by atoms with E-state index in [9.17, 15) is 0 Å². The highest BCUT2D eigenvalue weighted by Crippen LogP contribution is 2.46. The van der Waals surface area contributed by atoms with E-state index in [0.717, 1.165) is 178 Å². The molecule has 0 saturated carbocycles. The summed E-state index contributed by atoms with van der Waals surface area (Å²) in [7, 11) is 0. The third-order valence-electron chi connectivity index (χ3n) is 25.3. The molecule has 0 bridgehead atoms. The molecule has 125 heavy (non-hydrogen) atoms. The zero-order chi connectivity index (χ0) is 82.2. The molecule has 25 rings (SSSR count). The fraction of sp³-hybridized carbons (Fsp3) is 0. The third-order valence-corrected chi connectivity index (χ3v) is 25.3. The van der Waals surface area contributed by atoms with E-state index >= 15 is 0 Å². The smallest absolute Gasteiger partial charge is 0.160 e. The number of fused-ring (bicyclic) bond motifs is 15. The van der Waals surface area contributed by atoms with E-state index in [0.29, 0.717) is 11.6 Å². The van der Waals surface area contributed by atoms with Gasteiger partial charge >= 0.3 is 0 Å². The van der Waals surface area contributed by atoms with Gasteiger partial charge in [-0.1, -0.05) is 279 Å². The molecule has 582 valence electrons. The summed E-state index contributed by atoms with van der Waals surface area (Å²) in [5, 5.41) is 11.8. The second-order valence-corrected chi connectivity index (χ2v) is 32.5. The van der Waals surface area contributed by atoms with Crippen molar-refractivity contribution < 1.29 is 0 Å². The summed E-state index contributed by atoms with van der Waals surface area (Å²) in [5.74, 6) is 1.25. The van der Waals surface area contributed by atoms with Gasteiger partial charge in [0.25, 0.3) is 0 Å². The summed E-state index contributed by atoms with van der Waals surface area (Å²) in [4.78, 5) is 22.1. The SMILES string of the molecule is c1ccc(-c2cc(-c3ccccc3)nc(-c3cccc(-n4c5ccc(-c6cccc(-c7cc(-c8ccccc8)nc(-c8cc(-n9c%10ccccc%10c%10ccccc%109)cc(-n9c%10ccccc%10c%10cc(-c%11ccc%12c(c%11)c%11ccccc%11n%12-c%11ccccc%11)ccc%109)c8)n7)c6)cc5c5cc(-c6ccc7c(c6)c6ccccc6n7-c6ccccc6)ccc54)c3)n2)cc1. The highest BCUT2D eigenvalue weighted by molar-refractivity contribution is 6.16. The molecule has 0 saturated heterocycles. The van der Waals surface area contributed by atoms with Crippen molar-refractivity contribution in [2.45, 2.75) is 0 Å². The largest absolute Gasteiger partial charge is 0.309 e. The topological polar surface area (TPSA) is 76.2 Å². The number of nitrogens with zero attached hydrogens (tertiary/aromatic N) is 9. The van der Waals surface area contributed by atoms with Crippen LogP contribution in [0.1, 0.15) is 0 Å². The first-order valence-electron chi connectivity index (χ1n) is 42.6. The van der Waals surface area contributed by atoms with Crippen LogP contribution in [0.2, 0.25) is 0 Å². The maximum atomic E-state index is 5.78. The van der Waals surface area contributed by atoms with Crippen molar-refractivity contribution in [3.63, 3.8) is 0 Å². The molecule has 0 N–H and O–H groups in total. The van der Waals surface area contributed by atoms with E-state index in [-0.39, 0.29) is 0 Å². The summed E-state index contributed by atoms with van der Waals surface area (Å²) < 4.78 is 12.0. The molecular weight excluding hydrogens is 1520 g/mol. The van der Waals surface area contributed by atoms with Crippen LogP contribution in [0, 0.1) is 0 Å². The zero-order valence-corrected chi connectivity index (χ0v) is 67.7. The first-order valence-corrected chi connectivity index (χ1v) is 42.6. The first-order chi connectivity index (χ1) is 61.9. The van der Waals surface area contributed by atoms with Gasteiger partial charge in [0.05, 0.1) is 77.9 Å². The molecule has 9 nitrogen and oxygen atoms in total. The average molecular weight is 1590 g/mol. The van der Waals surface area contributed by atoms with Crippen LogP contribution in [0.3, 0.4) is 0 Å². The van der Waals surface area contributed by atoms with E-state index < -0.39 is 0 Å². The minimum atomic E-state index is 0.602. The Hall–Kier alpha value is -16.9. The Morgan fingerprint density at radius 3 is 0.720 bits per heavy atom. The molecule has 0 aliphatic rings. The Bertz CT molecular complexity index is 8540. The van der Waals surface area contributed by atoms with Crippen LogP contribution in [0.4, 0.5) is 0 Å². The van der Waals surface area contributed by atoms with Crippen molar-refractivity contribution >= 4 is 109 Å². The van der Waals surface area contributed by atoms with Crippen LogP contribution in [-0.2, 0) is 0 Å². The van der Waals surface area contributed by atoms with Crippen molar-refractivity contribution in [3.05, 3.63) is 443 Å². The molecule has 0 atom stereocenters. The van der Waals surface area contributed by atoms with Crippen LogP contribution in [0.25, 0.3) is 239 Å². The van der Waals surface area contributed by atoms with Crippen molar-refractivity contribution in [1.82, 2.24) is 42.8 Å². The quantitative estimate of drug-likeness (QED) is 0.109. The summed E-state index contributed by atoms with van der Waals surface area (Å²) in [6, 6.07) is 160. The number of benzene rings is 18. The van der Waals surface area contributed by atoms with Gasteiger partial charge in [0.1, 0.15) is 0 Å². The molecule has 0 amide bonds. The Labute approximate surface area is 719 Å². The van der Waals surface area contributed by atoms with Gasteiger partial charge in [0.15, 0.2) is 11.6 Å². The van der Waals surface area contributed by atoms with Gasteiger partial charge in [-0.3, -0.25) is 0 Å². The lowest BCUT2D eigenvalue weighted by atomic mass is 9.98. The Kier molecular flexibility index (Phi) is 16.5. The number of rotatable bonds is 14. The number of hydrogen-bond donors (Lipinski definition) is 0. The summed E-state index contributed by atoms with van der Waals surface area (Å²) in [5.41, 5.74) is 32.3. The monoisotopic (exact) mass is 1590 g/mol. The molecule has 0 fully saturated rings. The minimum Gasteiger partial charge on any atom is -0.309 e. The van der Waals surface area contributed by atoms with Gasteiger partial charge < -0.3 is 22.8 Å². The molecule has 0 aliphatic heterocycles. The van der Waals surface area contributed by atoms with E-state index in [1.165, 1.54) is 48.9 Å². The molecule has 7 aromatic heterocycles. The Morgan fingerprint density at radius 2 is 0.352 bits per heavy atom. The van der Waals surface area contributed by atoms with E-state index in [1.54, 1.807) is 0 Å². The molecule has 0 spiro atoms. The summed E-state index contributed by atoms with van der Waals surface area (Å²) in [6.45, 7) is 0. The van der Waals surface area contributed by atoms with Gasteiger partial charge in [0, 0.05) is 116 Å². The van der Waals surface area contributed by atoms with Gasteiger partial charge in [-0.25, -0.2) is 19.9 Å². The lowest BCUT2D eigenvalue weighted by Crippen LogP contribution is -2.02. The van der Waals surface area contributed by atoms with Gasteiger partial charge in [-0.15, -0.1) is 0 Å². The molecule has 25 aromatic rings. The fourth-order valence-corrected chi connectivity index (χ4v) is 19.5.